The number of carbonyl (C=O) groups excluding carboxylic acids is 1. The molecule has 0 fully saturated rings. The number of carbonyl (C=O) groups is 1. The Bertz CT molecular complexity index is 1010. The molecule has 0 aliphatic carbocycles. The summed E-state index contributed by atoms with van der Waals surface area (Å²) in [5.74, 6) is -2.41. The normalized spacial score (nSPS) is 14.1. The minimum absolute atomic E-state index is 0.129. The second-order valence-electron chi connectivity index (χ2n) is 5.59. The van der Waals surface area contributed by atoms with E-state index in [1.165, 1.54) is 19.1 Å². The Balaban J connectivity index is 2.35. The molecule has 0 saturated carbocycles. The second-order valence-corrected chi connectivity index (χ2v) is 5.59. The van der Waals surface area contributed by atoms with Crippen LogP contribution in [0.25, 0.3) is 11.0 Å². The number of ketones is 1. The summed E-state index contributed by atoms with van der Waals surface area (Å²) in [6.07, 6.45) is -0.268. The van der Waals surface area contributed by atoms with E-state index in [4.69, 9.17) is 11.5 Å². The SMILES string of the molecule is [2H]C(CC(C)=O)(c1ccccc1)c1c(O)c2ccc(N)cc2oc1=O. The first-order valence-corrected chi connectivity index (χ1v) is 7.43. The van der Waals surface area contributed by atoms with Crippen LogP contribution in [0.3, 0.4) is 0 Å². The topological polar surface area (TPSA) is 93.5 Å². The van der Waals surface area contributed by atoms with Crippen LogP contribution >= 0.6 is 0 Å². The van der Waals surface area contributed by atoms with Gasteiger partial charge in [0.25, 0.3) is 0 Å². The Morgan fingerprint density at radius 1 is 1.29 bits per heavy atom. The van der Waals surface area contributed by atoms with Crippen LogP contribution in [-0.4, -0.2) is 10.9 Å². The van der Waals surface area contributed by atoms with Crippen LogP contribution in [0.5, 0.6) is 5.75 Å². The Morgan fingerprint density at radius 3 is 2.67 bits per heavy atom. The molecular weight excluding hydrogens is 306 g/mol. The average molecular weight is 324 g/mol. The molecule has 1 heterocycles. The molecule has 5 nitrogen and oxygen atoms in total. The number of nitrogen functional groups attached to an aromatic ring is 1. The molecule has 0 bridgehead atoms. The summed E-state index contributed by atoms with van der Waals surface area (Å²) < 4.78 is 14.1. The lowest BCUT2D eigenvalue weighted by atomic mass is 9.87. The maximum absolute atomic E-state index is 12.6. The first-order valence-electron chi connectivity index (χ1n) is 7.93. The molecule has 3 N–H and O–H groups in total. The van der Waals surface area contributed by atoms with Crippen molar-refractivity contribution >= 4 is 22.4 Å². The van der Waals surface area contributed by atoms with E-state index >= 15 is 0 Å². The van der Waals surface area contributed by atoms with Crippen LogP contribution in [-0.2, 0) is 4.79 Å². The van der Waals surface area contributed by atoms with Gasteiger partial charge in [-0.3, -0.25) is 4.79 Å². The number of fused-ring (bicyclic) bond motifs is 1. The molecule has 3 rings (SSSR count). The molecule has 0 saturated heterocycles. The van der Waals surface area contributed by atoms with Gasteiger partial charge in [0.1, 0.15) is 17.1 Å². The Kier molecular flexibility index (Phi) is 3.75. The quantitative estimate of drug-likeness (QED) is 0.568. The van der Waals surface area contributed by atoms with E-state index < -0.39 is 11.5 Å². The monoisotopic (exact) mass is 324 g/mol. The van der Waals surface area contributed by atoms with Crippen molar-refractivity contribution in [2.75, 3.05) is 5.73 Å². The van der Waals surface area contributed by atoms with E-state index in [2.05, 4.69) is 0 Å². The molecule has 3 aromatic rings. The zero-order valence-corrected chi connectivity index (χ0v) is 13.1. The summed E-state index contributed by atoms with van der Waals surface area (Å²) in [5.41, 5.74) is 5.49. The summed E-state index contributed by atoms with van der Waals surface area (Å²) in [6, 6.07) is 13.0. The first-order chi connectivity index (χ1) is 11.8. The van der Waals surface area contributed by atoms with Gasteiger partial charge in [0.05, 0.1) is 10.9 Å². The van der Waals surface area contributed by atoms with Gasteiger partial charge in [-0.15, -0.1) is 0 Å². The van der Waals surface area contributed by atoms with E-state index in [0.29, 0.717) is 11.3 Å². The number of benzene rings is 2. The highest BCUT2D eigenvalue weighted by atomic mass is 16.4. The predicted octanol–water partition coefficient (Wildman–Crippen LogP) is 3.19. The molecule has 2 aromatic carbocycles. The molecule has 1 unspecified atom stereocenters. The van der Waals surface area contributed by atoms with Gasteiger partial charge in [-0.1, -0.05) is 30.3 Å². The van der Waals surface area contributed by atoms with Gasteiger partial charge in [0.15, 0.2) is 0 Å². The van der Waals surface area contributed by atoms with E-state index in [1.54, 1.807) is 36.4 Å². The lowest BCUT2D eigenvalue weighted by Crippen LogP contribution is -2.16. The molecule has 1 aromatic heterocycles. The highest BCUT2D eigenvalue weighted by Gasteiger charge is 2.25. The fraction of sp³-hybridized carbons (Fsp3) is 0.158. The highest BCUT2D eigenvalue weighted by molar-refractivity contribution is 5.87. The molecule has 0 amide bonds. The summed E-state index contributed by atoms with van der Waals surface area (Å²) >= 11 is 0. The first kappa shape index (κ1) is 14.5. The highest BCUT2D eigenvalue weighted by Crippen LogP contribution is 2.36. The van der Waals surface area contributed by atoms with Crippen LogP contribution in [0, 0.1) is 0 Å². The molecule has 0 radical (unpaired) electrons. The van der Waals surface area contributed by atoms with Crippen molar-refractivity contribution in [2.24, 2.45) is 0 Å². The van der Waals surface area contributed by atoms with Crippen molar-refractivity contribution in [1.82, 2.24) is 0 Å². The largest absolute Gasteiger partial charge is 0.507 e. The predicted molar refractivity (Wildman–Crippen MR) is 92.1 cm³/mol. The summed E-state index contributed by atoms with van der Waals surface area (Å²) in [7, 11) is 0. The zero-order chi connectivity index (χ0) is 18.2. The standard InChI is InChI=1S/C19H17NO4/c1-11(21)9-15(12-5-3-2-4-6-12)17-18(22)14-8-7-13(20)10-16(14)24-19(17)23/h2-8,10,15,22H,9,20H2,1H3/i15D. The summed E-state index contributed by atoms with van der Waals surface area (Å²) in [6.45, 7) is 1.34. The molecule has 1 atom stereocenters. The molecule has 5 heteroatoms. The number of hydrogen-bond donors (Lipinski definition) is 2. The molecule has 0 aliphatic heterocycles. The molecule has 0 spiro atoms. The van der Waals surface area contributed by atoms with Crippen molar-refractivity contribution in [3.05, 3.63) is 70.1 Å². The smallest absolute Gasteiger partial charge is 0.343 e. The lowest BCUT2D eigenvalue weighted by molar-refractivity contribution is -0.117. The minimum Gasteiger partial charge on any atom is -0.507 e. The van der Waals surface area contributed by atoms with Crippen molar-refractivity contribution < 1.29 is 15.7 Å². The summed E-state index contributed by atoms with van der Waals surface area (Å²) in [5, 5.41) is 11.0. The average Bonchev–Trinajstić information content (AvgIpc) is 2.54. The third kappa shape index (κ3) is 2.88. The van der Waals surface area contributed by atoms with E-state index in [0.717, 1.165) is 0 Å². The van der Waals surface area contributed by atoms with Crippen LogP contribution in [0.2, 0.25) is 0 Å². The van der Waals surface area contributed by atoms with Crippen LogP contribution < -0.4 is 11.4 Å². The Morgan fingerprint density at radius 2 is 2.00 bits per heavy atom. The lowest BCUT2D eigenvalue weighted by Gasteiger charge is -2.17. The minimum atomic E-state index is -1.76. The Labute approximate surface area is 139 Å². The molecule has 24 heavy (non-hydrogen) atoms. The molecule has 122 valence electrons. The zero-order valence-electron chi connectivity index (χ0n) is 14.1. The summed E-state index contributed by atoms with van der Waals surface area (Å²) in [4.78, 5) is 24.4. The van der Waals surface area contributed by atoms with Crippen LogP contribution in [0.1, 0.15) is 31.7 Å². The van der Waals surface area contributed by atoms with Crippen molar-refractivity contribution in [3.8, 4) is 5.75 Å². The van der Waals surface area contributed by atoms with Gasteiger partial charge in [-0.25, -0.2) is 4.79 Å². The van der Waals surface area contributed by atoms with Crippen LogP contribution in [0.15, 0.2) is 57.7 Å². The van der Waals surface area contributed by atoms with Crippen molar-refractivity contribution in [1.29, 1.82) is 0 Å². The van der Waals surface area contributed by atoms with Crippen LogP contribution in [0.4, 0.5) is 5.69 Å². The fourth-order valence-corrected chi connectivity index (χ4v) is 2.69. The second kappa shape index (κ2) is 6.20. The van der Waals surface area contributed by atoms with E-state index in [-0.39, 0.29) is 34.5 Å². The van der Waals surface area contributed by atoms with E-state index in [9.17, 15) is 14.7 Å². The molecular formula is C19H17NO4. The van der Waals surface area contributed by atoms with Gasteiger partial charge in [-0.05, 0) is 24.6 Å². The number of nitrogens with two attached hydrogens (primary N) is 1. The third-order valence-electron chi connectivity index (χ3n) is 3.75. The van der Waals surface area contributed by atoms with Gasteiger partial charge in [0, 0.05) is 25.4 Å². The molecule has 0 aliphatic rings. The Hall–Kier alpha value is -3.08. The third-order valence-corrected chi connectivity index (χ3v) is 3.75. The van der Waals surface area contributed by atoms with Gasteiger partial charge in [0.2, 0.25) is 0 Å². The number of aromatic hydroxyl groups is 1. The fourth-order valence-electron chi connectivity index (χ4n) is 2.69. The van der Waals surface area contributed by atoms with Crippen molar-refractivity contribution in [2.45, 2.75) is 19.2 Å². The number of hydrogen-bond acceptors (Lipinski definition) is 5. The maximum Gasteiger partial charge on any atom is 0.343 e. The van der Waals surface area contributed by atoms with Gasteiger partial charge in [-0.2, -0.15) is 0 Å². The number of anilines is 1. The van der Waals surface area contributed by atoms with E-state index in [1.807, 2.05) is 0 Å². The number of rotatable bonds is 4. The maximum atomic E-state index is 12.6. The number of Topliss-reactive ketones (excluding diaryl/α,β-unsaturated/α-hetero) is 1. The van der Waals surface area contributed by atoms with Gasteiger partial charge >= 0.3 is 5.63 Å². The van der Waals surface area contributed by atoms with Gasteiger partial charge < -0.3 is 15.3 Å². The van der Waals surface area contributed by atoms with Crippen molar-refractivity contribution in [3.63, 3.8) is 0 Å².